The molecule has 8 heteroatoms. The van der Waals surface area contributed by atoms with Gasteiger partial charge in [-0.1, -0.05) is 334 Å². The maximum Gasteiger partial charge on any atom is 0.255 e. The quantitative estimate of drug-likeness (QED) is 0.0501. The standard InChI is InChI=1S/C22H26OSi.C21H24OSi.C17H24OSi.C16H22OSi.C10H16.3C8H12/c1-2-24(21-9-5-3-6-10-21,22-11-7-4-8-12-22)23-17-20-16-18-13-14-19(20)15-18;1-23(20-8-4-2-5-9-20,21-10-6-3-7-11-21)22-16-19-15-17-12-13-18(19)14-17;1-3-19(2,17-7-5-4-6-8-17)18-13-16-12-14-9-10-15(16)11-14;1-18(2,16-6-4-3-5-7-16)17-12-15-11-13-8-9-14(15)10-13;1-2-3-9-6-8-4-5-10(9)7-8;3*1-6-4-7-2-3-8(6)5-7/h3-14,18-20H,2,15-17H2,1H3;2-13,17-19H,14-16H2,1H3;4-10,14-16H,3,11-13H2,1-2H3;3-9,13-15H,10-12H2,1-2H3;4-5,8-10H,2-3,6-7H2,1H3;3*2-3,6-8H,4-5H2,1H3. The van der Waals surface area contributed by atoms with E-state index >= 15 is 0 Å². The molecule has 8 fully saturated rings. The Morgan fingerprint density at radius 3 is 0.763 bits per heavy atom. The molecule has 0 spiro atoms. The summed E-state index contributed by atoms with van der Waals surface area (Å²) in [6, 6.07) is 67.4. The van der Waals surface area contributed by atoms with Crippen LogP contribution in [0.1, 0.15) is 157 Å². The number of allylic oxidation sites excluding steroid dienone is 16. The minimum atomic E-state index is -2.14. The molecule has 16 aliphatic rings. The summed E-state index contributed by atoms with van der Waals surface area (Å²) in [6.45, 7) is 27.1. The zero-order valence-corrected chi connectivity index (χ0v) is 78.0. The fraction of sp³-hybridized carbons (Fsp3) is 0.527. The van der Waals surface area contributed by atoms with Crippen LogP contribution < -0.4 is 31.1 Å². The minimum absolute atomic E-state index is 0.712. The molecule has 0 saturated heterocycles. The zero-order chi connectivity index (χ0) is 81.6. The van der Waals surface area contributed by atoms with E-state index in [0.29, 0.717) is 11.8 Å². The third-order valence-corrected chi connectivity index (χ3v) is 46.3. The topological polar surface area (TPSA) is 36.9 Å². The predicted molar refractivity (Wildman–Crippen MR) is 510 cm³/mol. The van der Waals surface area contributed by atoms with Crippen molar-refractivity contribution in [2.24, 2.45) is 142 Å². The van der Waals surface area contributed by atoms with Gasteiger partial charge in [0.05, 0.1) is 0 Å². The maximum absolute atomic E-state index is 6.89. The van der Waals surface area contributed by atoms with E-state index in [-0.39, 0.29) is 0 Å². The lowest BCUT2D eigenvalue weighted by Crippen LogP contribution is -2.60. The van der Waals surface area contributed by atoms with Gasteiger partial charge in [-0.05, 0) is 314 Å². The van der Waals surface area contributed by atoms with E-state index in [4.69, 9.17) is 17.7 Å². The van der Waals surface area contributed by atoms with Gasteiger partial charge in [0, 0.05) is 26.4 Å². The van der Waals surface area contributed by atoms with Crippen LogP contribution in [0.25, 0.3) is 0 Å². The van der Waals surface area contributed by atoms with E-state index in [1.54, 1.807) is 0 Å². The van der Waals surface area contributed by atoms with Crippen LogP contribution >= 0.6 is 0 Å². The molecule has 118 heavy (non-hydrogen) atoms. The fourth-order valence-electron chi connectivity index (χ4n) is 24.4. The smallest absolute Gasteiger partial charge is 0.255 e. The Bertz CT molecular complexity index is 4170. The van der Waals surface area contributed by atoms with Crippen molar-refractivity contribution in [1.82, 2.24) is 0 Å². The molecule has 0 heterocycles. The molecule has 25 atom stereocenters. The summed E-state index contributed by atoms with van der Waals surface area (Å²) in [5, 5.41) is 8.38. The average Bonchev–Trinajstić information content (AvgIpc) is 0.989. The average molecular weight is 1650 g/mol. The van der Waals surface area contributed by atoms with Crippen LogP contribution in [0, 0.1) is 142 Å². The molecule has 0 aliphatic heterocycles. The SMILES string of the molecule is CC1CC2C=CC1C2.CC1CC2C=CC1C2.CC1CC2C=CC1C2.CCCC1CC2C=CC1C2.CC[Si](C)(OCC1CC2C=CC1C2)c1ccccc1.CC[Si](OCC1CC2C=CC1C2)(c1ccccc1)c1ccccc1.C[Si](C)(OCC1CC2C=CC1C2)c1ccccc1.C[Si](OCC1CC2C=CC1C2)(c1ccccc1)c1ccccc1. The van der Waals surface area contributed by atoms with Crippen LogP contribution in [0.3, 0.4) is 0 Å². The minimum Gasteiger partial charge on any atom is -0.413 e. The molecule has 16 aliphatic carbocycles. The van der Waals surface area contributed by atoms with E-state index in [1.807, 2.05) is 0 Å². The van der Waals surface area contributed by atoms with Gasteiger partial charge in [-0.3, -0.25) is 0 Å². The Hall–Kier alpha value is -6.05. The summed E-state index contributed by atoms with van der Waals surface area (Å²) in [5.74, 6) is 21.2. The second-order valence-electron chi connectivity index (χ2n) is 40.5. The van der Waals surface area contributed by atoms with E-state index in [0.717, 1.165) is 169 Å². The summed E-state index contributed by atoms with van der Waals surface area (Å²) in [6.07, 6.45) is 64.0. The Kier molecular flexibility index (Phi) is 29.8. The van der Waals surface area contributed by atoms with Gasteiger partial charge in [-0.2, -0.15) is 0 Å². The van der Waals surface area contributed by atoms with Crippen LogP contribution in [0.4, 0.5) is 0 Å². The molecule has 0 radical (unpaired) electrons. The van der Waals surface area contributed by atoms with Crippen molar-refractivity contribution in [3.05, 3.63) is 279 Å². The zero-order valence-electron chi connectivity index (χ0n) is 74.0. The van der Waals surface area contributed by atoms with Crippen LogP contribution in [0.15, 0.2) is 279 Å². The third-order valence-electron chi connectivity index (χ3n) is 32.1. The first kappa shape index (κ1) is 86.9. The summed E-state index contributed by atoms with van der Waals surface area (Å²) >= 11 is 0. The van der Waals surface area contributed by atoms with Crippen LogP contribution in [0.2, 0.25) is 38.3 Å². The molecule has 8 saturated carbocycles. The van der Waals surface area contributed by atoms with Crippen molar-refractivity contribution in [3.63, 3.8) is 0 Å². The van der Waals surface area contributed by atoms with E-state index in [2.05, 4.69) is 347 Å². The van der Waals surface area contributed by atoms with Crippen molar-refractivity contribution in [2.45, 2.75) is 195 Å². The van der Waals surface area contributed by atoms with Gasteiger partial charge >= 0.3 is 0 Å². The van der Waals surface area contributed by atoms with Gasteiger partial charge in [-0.15, -0.1) is 0 Å². The molecule has 0 amide bonds. The highest BCUT2D eigenvalue weighted by Gasteiger charge is 2.45. The maximum atomic E-state index is 6.89. The van der Waals surface area contributed by atoms with Gasteiger partial charge in [0.2, 0.25) is 16.6 Å². The first-order chi connectivity index (χ1) is 57.4. The highest BCUT2D eigenvalue weighted by Crippen LogP contribution is 2.50. The number of hydrogen-bond acceptors (Lipinski definition) is 4. The van der Waals surface area contributed by atoms with E-state index < -0.39 is 33.3 Å². The number of fused-ring (bicyclic) bond motifs is 16. The monoisotopic (exact) mass is 1650 g/mol. The Morgan fingerprint density at radius 1 is 0.246 bits per heavy atom. The fourth-order valence-corrected chi connectivity index (χ4v) is 35.0. The summed E-state index contributed by atoms with van der Waals surface area (Å²) in [5.41, 5.74) is 0. The Morgan fingerprint density at radius 2 is 0.508 bits per heavy atom. The molecule has 0 N–H and O–H groups in total. The molecule has 16 bridgehead atoms. The highest BCUT2D eigenvalue weighted by molar-refractivity contribution is 6.97. The summed E-state index contributed by atoms with van der Waals surface area (Å²) in [7, 11) is -7.68. The van der Waals surface area contributed by atoms with Crippen LogP contribution in [-0.4, -0.2) is 59.7 Å². The summed E-state index contributed by atoms with van der Waals surface area (Å²) in [4.78, 5) is 0. The Balaban J connectivity index is 0.000000109. The molecule has 25 unspecified atom stereocenters. The van der Waals surface area contributed by atoms with Gasteiger partial charge in [0.1, 0.15) is 0 Å². The molecule has 6 aromatic rings. The van der Waals surface area contributed by atoms with Crippen LogP contribution in [0.5, 0.6) is 0 Å². The normalized spacial score (nSPS) is 33.8. The molecule has 0 aromatic heterocycles. The highest BCUT2D eigenvalue weighted by atomic mass is 28.4. The third kappa shape index (κ3) is 21.4. The van der Waals surface area contributed by atoms with Crippen molar-refractivity contribution in [3.8, 4) is 0 Å². The van der Waals surface area contributed by atoms with E-state index in [9.17, 15) is 0 Å². The van der Waals surface area contributed by atoms with Gasteiger partial charge in [-0.25, -0.2) is 0 Å². The van der Waals surface area contributed by atoms with Crippen molar-refractivity contribution < 1.29 is 17.7 Å². The molecule has 6 aromatic carbocycles. The lowest BCUT2D eigenvalue weighted by molar-refractivity contribution is 0.222. The molecule has 22 rings (SSSR count). The second-order valence-corrected chi connectivity index (χ2v) is 55.7. The second kappa shape index (κ2) is 40.5. The summed E-state index contributed by atoms with van der Waals surface area (Å²) < 4.78 is 26.5. The first-order valence-corrected chi connectivity index (χ1v) is 57.8. The molecular formula is C110H148O4Si4. The number of rotatable bonds is 22. The van der Waals surface area contributed by atoms with Crippen LogP contribution in [-0.2, 0) is 17.7 Å². The first-order valence-electron chi connectivity index (χ1n) is 47.8. The number of benzene rings is 6. The largest absolute Gasteiger partial charge is 0.413 e. The Labute approximate surface area is 720 Å². The molecule has 628 valence electrons. The lowest BCUT2D eigenvalue weighted by Gasteiger charge is -2.33. The van der Waals surface area contributed by atoms with Gasteiger partial charge in [0.15, 0.2) is 0 Å². The van der Waals surface area contributed by atoms with Gasteiger partial charge < -0.3 is 17.7 Å². The van der Waals surface area contributed by atoms with Gasteiger partial charge in [0.25, 0.3) is 16.6 Å². The van der Waals surface area contributed by atoms with Crippen molar-refractivity contribution >= 4 is 64.4 Å². The predicted octanol–water partition coefficient (Wildman–Crippen LogP) is 24.3. The lowest BCUT2D eigenvalue weighted by atomic mass is 9.90. The molecular weight excluding hydrogens is 1500 g/mol. The van der Waals surface area contributed by atoms with E-state index in [1.165, 1.54) is 147 Å². The van der Waals surface area contributed by atoms with Crippen molar-refractivity contribution in [1.29, 1.82) is 0 Å². The number of hydrogen-bond donors (Lipinski definition) is 0. The van der Waals surface area contributed by atoms with Crippen molar-refractivity contribution in [2.75, 3.05) is 26.4 Å². The molecule has 4 nitrogen and oxygen atoms in total.